The average molecular weight is 484 g/mol. The number of fused-ring (bicyclic) bond motifs is 5. The molecule has 3 aromatic carbocycles. The van der Waals surface area contributed by atoms with Crippen molar-refractivity contribution in [2.24, 2.45) is 0 Å². The molecule has 2 aliphatic rings. The maximum absolute atomic E-state index is 12.4. The van der Waals surface area contributed by atoms with Crippen LogP contribution in [0.5, 0.6) is 23.0 Å². The number of hydrogen-bond donors (Lipinski definition) is 1. The van der Waals surface area contributed by atoms with Crippen LogP contribution in [0.25, 0.3) is 22.0 Å². The predicted octanol–water partition coefficient (Wildman–Crippen LogP) is 4.80. The number of nitrogens with one attached hydrogen (secondary N) is 1. The predicted molar refractivity (Wildman–Crippen MR) is 136 cm³/mol. The standard InChI is InChI=1S/C29H26N2O5/c1-18-3-6-21(7-4-18)30-28(32)10-12-34-29-23-16-31-11-9-20-14-26-27(36-17-35-26)15-22(20)24(31)13-19(23)5-8-25(29)33-2/h3-8,13-16H,9-12,17H2,1-2H3/p+1. The largest absolute Gasteiger partial charge is 0.493 e. The summed E-state index contributed by atoms with van der Waals surface area (Å²) in [5.41, 5.74) is 5.45. The number of nitrogens with zero attached hydrogens (tertiary/aromatic N) is 1. The first-order chi connectivity index (χ1) is 17.6. The van der Waals surface area contributed by atoms with Gasteiger partial charge in [0.2, 0.25) is 18.4 Å². The van der Waals surface area contributed by atoms with E-state index in [1.807, 2.05) is 43.3 Å². The molecule has 3 heterocycles. The van der Waals surface area contributed by atoms with Gasteiger partial charge in [0.05, 0.1) is 31.1 Å². The van der Waals surface area contributed by atoms with Crippen molar-refractivity contribution in [2.45, 2.75) is 26.3 Å². The minimum absolute atomic E-state index is 0.0971. The molecule has 7 heteroatoms. The molecule has 7 nitrogen and oxygen atoms in total. The van der Waals surface area contributed by atoms with E-state index in [9.17, 15) is 4.79 Å². The molecule has 0 radical (unpaired) electrons. The number of amides is 1. The van der Waals surface area contributed by atoms with Gasteiger partial charge in [-0.15, -0.1) is 0 Å². The molecule has 0 unspecified atom stereocenters. The van der Waals surface area contributed by atoms with Gasteiger partial charge < -0.3 is 24.3 Å². The van der Waals surface area contributed by atoms with Crippen LogP contribution in [0.15, 0.2) is 60.8 Å². The Labute approximate surface area is 209 Å². The van der Waals surface area contributed by atoms with Gasteiger partial charge in [-0.25, -0.2) is 0 Å². The SMILES string of the molecule is COc1ccc2cc3[n+](cc2c1OCCC(=O)Nc1ccc(C)cc1)CCc1cc2c(cc1-3)OCO2. The summed E-state index contributed by atoms with van der Waals surface area (Å²) in [6.07, 6.45) is 3.24. The first-order valence-electron chi connectivity index (χ1n) is 12.1. The van der Waals surface area contributed by atoms with Gasteiger partial charge in [-0.1, -0.05) is 17.7 Å². The van der Waals surface area contributed by atoms with Crippen molar-refractivity contribution >= 4 is 22.4 Å². The fourth-order valence-electron chi connectivity index (χ4n) is 4.81. The smallest absolute Gasteiger partial charge is 0.231 e. The molecule has 0 spiro atoms. The number of methoxy groups -OCH3 is 1. The third kappa shape index (κ3) is 4.06. The van der Waals surface area contributed by atoms with Gasteiger partial charge in [0, 0.05) is 18.2 Å². The summed E-state index contributed by atoms with van der Waals surface area (Å²) < 4.78 is 25.2. The van der Waals surface area contributed by atoms with E-state index in [-0.39, 0.29) is 25.7 Å². The topological polar surface area (TPSA) is 69.9 Å². The molecule has 0 bridgehead atoms. The molecule has 0 fully saturated rings. The van der Waals surface area contributed by atoms with Gasteiger partial charge in [0.15, 0.2) is 35.7 Å². The Morgan fingerprint density at radius 2 is 1.86 bits per heavy atom. The fraction of sp³-hybridized carbons (Fsp3) is 0.241. The molecule has 0 atom stereocenters. The zero-order chi connectivity index (χ0) is 24.6. The molecule has 182 valence electrons. The first kappa shape index (κ1) is 22.2. The fourth-order valence-corrected chi connectivity index (χ4v) is 4.81. The number of anilines is 1. The highest BCUT2D eigenvalue weighted by atomic mass is 16.7. The van der Waals surface area contributed by atoms with E-state index in [2.05, 4.69) is 34.3 Å². The van der Waals surface area contributed by atoms with E-state index < -0.39 is 0 Å². The van der Waals surface area contributed by atoms with E-state index in [4.69, 9.17) is 18.9 Å². The quantitative estimate of drug-likeness (QED) is 0.399. The van der Waals surface area contributed by atoms with Crippen molar-refractivity contribution < 1.29 is 28.3 Å². The van der Waals surface area contributed by atoms with Crippen LogP contribution in [0.2, 0.25) is 0 Å². The molecule has 4 aromatic rings. The summed E-state index contributed by atoms with van der Waals surface area (Å²) in [5, 5.41) is 4.90. The second kappa shape index (κ2) is 9.07. The van der Waals surface area contributed by atoms with E-state index in [0.29, 0.717) is 11.5 Å². The minimum atomic E-state index is -0.0971. The summed E-state index contributed by atoms with van der Waals surface area (Å²) in [5.74, 6) is 2.78. The van der Waals surface area contributed by atoms with Gasteiger partial charge in [-0.2, -0.15) is 4.57 Å². The number of benzene rings is 3. The summed E-state index contributed by atoms with van der Waals surface area (Å²) in [6, 6.07) is 18.0. The summed E-state index contributed by atoms with van der Waals surface area (Å²) in [4.78, 5) is 12.4. The Bertz CT molecular complexity index is 1480. The third-order valence-electron chi connectivity index (χ3n) is 6.71. The Morgan fingerprint density at radius 3 is 2.67 bits per heavy atom. The molecular formula is C29H27N2O5+. The van der Waals surface area contributed by atoms with Gasteiger partial charge in [0.25, 0.3) is 0 Å². The van der Waals surface area contributed by atoms with Gasteiger partial charge in [-0.3, -0.25) is 4.79 Å². The zero-order valence-electron chi connectivity index (χ0n) is 20.3. The van der Waals surface area contributed by atoms with Crippen LogP contribution >= 0.6 is 0 Å². The molecule has 1 N–H and O–H groups in total. The van der Waals surface area contributed by atoms with Crippen molar-refractivity contribution in [1.82, 2.24) is 0 Å². The van der Waals surface area contributed by atoms with Crippen LogP contribution < -0.4 is 28.8 Å². The molecule has 36 heavy (non-hydrogen) atoms. The van der Waals surface area contributed by atoms with Crippen LogP contribution in [0.3, 0.4) is 0 Å². The highest BCUT2D eigenvalue weighted by molar-refractivity contribution is 5.92. The molecule has 0 saturated heterocycles. The summed E-state index contributed by atoms with van der Waals surface area (Å²) in [7, 11) is 1.63. The average Bonchev–Trinajstić information content (AvgIpc) is 3.35. The minimum Gasteiger partial charge on any atom is -0.493 e. The Hall–Kier alpha value is -4.26. The number of aryl methyl sites for hydroxylation is 3. The maximum Gasteiger partial charge on any atom is 0.231 e. The highest BCUT2D eigenvalue weighted by Crippen LogP contribution is 2.41. The van der Waals surface area contributed by atoms with E-state index in [1.165, 1.54) is 5.56 Å². The molecule has 2 aliphatic heterocycles. The Kier molecular flexibility index (Phi) is 5.60. The number of hydrogen-bond acceptors (Lipinski definition) is 5. The highest BCUT2D eigenvalue weighted by Gasteiger charge is 2.28. The number of carbonyl (C=O) groups is 1. The maximum atomic E-state index is 12.4. The normalized spacial score (nSPS) is 13.2. The van der Waals surface area contributed by atoms with Gasteiger partial charge in [-0.05, 0) is 54.3 Å². The summed E-state index contributed by atoms with van der Waals surface area (Å²) in [6.45, 7) is 3.36. The van der Waals surface area contributed by atoms with Crippen LogP contribution in [0.1, 0.15) is 17.5 Å². The molecule has 6 rings (SSSR count). The lowest BCUT2D eigenvalue weighted by Crippen LogP contribution is -2.40. The van der Waals surface area contributed by atoms with Crippen LogP contribution in [0.4, 0.5) is 5.69 Å². The van der Waals surface area contributed by atoms with E-state index in [1.54, 1.807) is 7.11 Å². The molecular weight excluding hydrogens is 456 g/mol. The number of ether oxygens (including phenoxy) is 4. The van der Waals surface area contributed by atoms with E-state index >= 15 is 0 Å². The molecule has 1 amide bonds. The number of aromatic nitrogens is 1. The molecule has 1 aromatic heterocycles. The number of pyridine rings is 1. The van der Waals surface area contributed by atoms with Gasteiger partial charge >= 0.3 is 0 Å². The second-order valence-electron chi connectivity index (χ2n) is 9.08. The third-order valence-corrected chi connectivity index (χ3v) is 6.71. The molecule has 0 aliphatic carbocycles. The van der Waals surface area contributed by atoms with Crippen molar-refractivity contribution in [3.8, 4) is 34.3 Å². The van der Waals surface area contributed by atoms with Crippen molar-refractivity contribution in [3.63, 3.8) is 0 Å². The zero-order valence-corrected chi connectivity index (χ0v) is 20.3. The number of rotatable bonds is 6. The number of carbonyl (C=O) groups excluding carboxylic acids is 1. The van der Waals surface area contributed by atoms with Crippen molar-refractivity contribution in [1.29, 1.82) is 0 Å². The first-order valence-corrected chi connectivity index (χ1v) is 12.1. The van der Waals surface area contributed by atoms with Crippen molar-refractivity contribution in [2.75, 3.05) is 25.8 Å². The van der Waals surface area contributed by atoms with Crippen molar-refractivity contribution in [3.05, 3.63) is 71.9 Å². The lowest BCUT2D eigenvalue weighted by atomic mass is 9.95. The van der Waals surface area contributed by atoms with Gasteiger partial charge in [0.1, 0.15) is 0 Å². The van der Waals surface area contributed by atoms with Crippen LogP contribution in [-0.2, 0) is 17.8 Å². The lowest BCUT2D eigenvalue weighted by molar-refractivity contribution is -0.686. The molecule has 0 saturated carbocycles. The Morgan fingerprint density at radius 1 is 1.06 bits per heavy atom. The lowest BCUT2D eigenvalue weighted by Gasteiger charge is -2.18. The second-order valence-corrected chi connectivity index (χ2v) is 9.08. The monoisotopic (exact) mass is 483 g/mol. The summed E-state index contributed by atoms with van der Waals surface area (Å²) >= 11 is 0. The van der Waals surface area contributed by atoms with Crippen LogP contribution in [0, 0.1) is 6.92 Å². The Balaban J connectivity index is 1.26. The van der Waals surface area contributed by atoms with E-state index in [0.717, 1.165) is 57.7 Å². The van der Waals surface area contributed by atoms with Crippen LogP contribution in [-0.4, -0.2) is 26.4 Å².